The summed E-state index contributed by atoms with van der Waals surface area (Å²) < 4.78 is 2.43. The molecule has 0 amide bonds. The first-order valence-corrected chi connectivity index (χ1v) is 10.6. The van der Waals surface area contributed by atoms with Crippen LogP contribution < -0.4 is 0 Å². The van der Waals surface area contributed by atoms with Gasteiger partial charge in [-0.2, -0.15) is 0 Å². The molecule has 0 saturated heterocycles. The van der Waals surface area contributed by atoms with E-state index in [4.69, 9.17) is 0 Å². The van der Waals surface area contributed by atoms with Crippen molar-refractivity contribution in [1.82, 2.24) is 9.47 Å². The number of hydrogen-bond acceptors (Lipinski definition) is 1. The summed E-state index contributed by atoms with van der Waals surface area (Å²) in [4.78, 5) is 2.58. The number of nitrogens with zero attached hydrogens (tertiary/aromatic N) is 2. The molecule has 142 valence electrons. The van der Waals surface area contributed by atoms with Crippen molar-refractivity contribution in [3.8, 4) is 11.1 Å². The lowest BCUT2D eigenvalue weighted by atomic mass is 9.94. The Morgan fingerprint density at radius 1 is 0.963 bits per heavy atom. The molecular weight excluding hydrogens is 328 g/mol. The Morgan fingerprint density at radius 2 is 1.78 bits per heavy atom. The van der Waals surface area contributed by atoms with E-state index in [9.17, 15) is 0 Å². The highest BCUT2D eigenvalue weighted by atomic mass is 15.1. The van der Waals surface area contributed by atoms with Crippen LogP contribution in [0, 0.1) is 0 Å². The van der Waals surface area contributed by atoms with Crippen LogP contribution in [0.15, 0.2) is 54.7 Å². The van der Waals surface area contributed by atoms with Gasteiger partial charge in [0.25, 0.3) is 0 Å². The normalized spacial score (nSPS) is 15.7. The van der Waals surface area contributed by atoms with E-state index in [1.165, 1.54) is 59.7 Å². The molecule has 1 aliphatic rings. The smallest absolute Gasteiger partial charge is 0.0486 e. The van der Waals surface area contributed by atoms with Crippen LogP contribution in [0.1, 0.15) is 44.6 Å². The molecular formula is C25H32N2. The fraction of sp³-hybridized carbons (Fsp3) is 0.440. The average molecular weight is 361 g/mol. The Kier molecular flexibility index (Phi) is 5.63. The highest BCUT2D eigenvalue weighted by Crippen LogP contribution is 2.27. The van der Waals surface area contributed by atoms with Crippen molar-refractivity contribution in [2.45, 2.75) is 58.0 Å². The lowest BCUT2D eigenvalue weighted by Crippen LogP contribution is -2.35. The zero-order chi connectivity index (χ0) is 18.6. The van der Waals surface area contributed by atoms with Gasteiger partial charge in [-0.1, -0.05) is 62.6 Å². The molecule has 27 heavy (non-hydrogen) atoms. The molecule has 0 N–H and O–H groups in total. The number of likely N-dealkylation sites (N-methyl/N-ethyl adjacent to an activating group) is 1. The van der Waals surface area contributed by atoms with E-state index in [-0.39, 0.29) is 0 Å². The van der Waals surface area contributed by atoms with Crippen LogP contribution in [0.25, 0.3) is 22.0 Å². The maximum atomic E-state index is 2.58. The largest absolute Gasteiger partial charge is 0.346 e. The summed E-state index contributed by atoms with van der Waals surface area (Å²) in [5.41, 5.74) is 5.39. The van der Waals surface area contributed by atoms with E-state index < -0.39 is 0 Å². The van der Waals surface area contributed by atoms with E-state index in [1.54, 1.807) is 0 Å². The summed E-state index contributed by atoms with van der Waals surface area (Å²) in [6.45, 7) is 4.41. The van der Waals surface area contributed by atoms with Gasteiger partial charge >= 0.3 is 0 Å². The van der Waals surface area contributed by atoms with Crippen molar-refractivity contribution in [3.05, 3.63) is 60.3 Å². The minimum atomic E-state index is 0.785. The zero-order valence-electron chi connectivity index (χ0n) is 16.8. The van der Waals surface area contributed by atoms with Gasteiger partial charge in [0, 0.05) is 30.8 Å². The highest BCUT2D eigenvalue weighted by Gasteiger charge is 2.17. The first-order valence-electron chi connectivity index (χ1n) is 10.6. The predicted octanol–water partition coefficient (Wildman–Crippen LogP) is 6.14. The molecule has 0 aliphatic heterocycles. The quantitative estimate of drug-likeness (QED) is 0.513. The number of aromatic nitrogens is 1. The topological polar surface area (TPSA) is 8.17 Å². The molecule has 1 aromatic heterocycles. The first-order chi connectivity index (χ1) is 13.2. The Labute approximate surface area is 163 Å². The third kappa shape index (κ3) is 4.11. The van der Waals surface area contributed by atoms with Crippen LogP contribution in [0.2, 0.25) is 0 Å². The van der Waals surface area contributed by atoms with Crippen LogP contribution in [0.3, 0.4) is 0 Å². The third-order valence-electron chi connectivity index (χ3n) is 6.33. The minimum absolute atomic E-state index is 0.785. The monoisotopic (exact) mass is 360 g/mol. The molecule has 3 aromatic rings. The van der Waals surface area contributed by atoms with Crippen LogP contribution in [0.5, 0.6) is 0 Å². The van der Waals surface area contributed by atoms with Crippen molar-refractivity contribution in [2.24, 2.45) is 0 Å². The maximum Gasteiger partial charge on any atom is 0.0486 e. The summed E-state index contributed by atoms with van der Waals surface area (Å²) in [6.07, 6.45) is 10.3. The third-order valence-corrected chi connectivity index (χ3v) is 6.33. The Hall–Kier alpha value is -2.06. The lowest BCUT2D eigenvalue weighted by Gasteiger charge is -2.31. The Balaban J connectivity index is 1.53. The predicted molar refractivity (Wildman–Crippen MR) is 116 cm³/mol. The van der Waals surface area contributed by atoms with Gasteiger partial charge in [-0.05, 0) is 60.5 Å². The number of aryl methyl sites for hydroxylation is 1. The molecule has 0 bridgehead atoms. The number of hydrogen-bond donors (Lipinski definition) is 0. The standard InChI is InChI=1S/C25H32N2/c1-3-20-8-7-9-22(18-20)23-13-12-21-14-15-27(25(21)19-23)17-16-26(2)24-10-5-4-6-11-24/h7-9,12-15,18-19,24H,3-6,10-11,16-17H2,1-2H3. The van der Waals surface area contributed by atoms with Gasteiger partial charge in [0.1, 0.15) is 0 Å². The number of fused-ring (bicyclic) bond motifs is 1. The Bertz CT molecular complexity index is 886. The number of benzene rings is 2. The van der Waals surface area contributed by atoms with Crippen LogP contribution in [-0.4, -0.2) is 29.1 Å². The molecule has 2 heteroatoms. The average Bonchev–Trinajstić information content (AvgIpc) is 3.15. The lowest BCUT2D eigenvalue weighted by molar-refractivity contribution is 0.186. The molecule has 4 rings (SSSR count). The van der Waals surface area contributed by atoms with Crippen molar-refractivity contribution >= 4 is 10.9 Å². The van der Waals surface area contributed by atoms with Crippen molar-refractivity contribution in [1.29, 1.82) is 0 Å². The van der Waals surface area contributed by atoms with E-state index in [0.29, 0.717) is 0 Å². The molecule has 0 spiro atoms. The van der Waals surface area contributed by atoms with Gasteiger partial charge in [0.15, 0.2) is 0 Å². The minimum Gasteiger partial charge on any atom is -0.346 e. The molecule has 2 nitrogen and oxygen atoms in total. The second-order valence-electron chi connectivity index (χ2n) is 8.11. The fourth-order valence-electron chi connectivity index (χ4n) is 4.50. The summed E-state index contributed by atoms with van der Waals surface area (Å²) in [6, 6.07) is 18.9. The van der Waals surface area contributed by atoms with Gasteiger partial charge < -0.3 is 9.47 Å². The first kappa shape index (κ1) is 18.3. The van der Waals surface area contributed by atoms with E-state index in [1.807, 2.05) is 0 Å². The van der Waals surface area contributed by atoms with Crippen LogP contribution in [-0.2, 0) is 13.0 Å². The summed E-state index contributed by atoms with van der Waals surface area (Å²) >= 11 is 0. The van der Waals surface area contributed by atoms with Gasteiger partial charge in [-0.25, -0.2) is 0 Å². The fourth-order valence-corrected chi connectivity index (χ4v) is 4.50. The van der Waals surface area contributed by atoms with E-state index in [2.05, 4.69) is 78.2 Å². The zero-order valence-corrected chi connectivity index (χ0v) is 16.8. The Morgan fingerprint density at radius 3 is 2.59 bits per heavy atom. The van der Waals surface area contributed by atoms with Gasteiger partial charge in [0.05, 0.1) is 0 Å². The van der Waals surface area contributed by atoms with E-state index in [0.717, 1.165) is 25.6 Å². The molecule has 0 atom stereocenters. The molecule has 1 aliphatic carbocycles. The molecule has 2 aromatic carbocycles. The summed E-state index contributed by atoms with van der Waals surface area (Å²) in [5, 5.41) is 1.34. The van der Waals surface area contributed by atoms with Crippen LogP contribution in [0.4, 0.5) is 0 Å². The van der Waals surface area contributed by atoms with Crippen LogP contribution >= 0.6 is 0 Å². The molecule has 1 heterocycles. The molecule has 0 unspecified atom stereocenters. The summed E-state index contributed by atoms with van der Waals surface area (Å²) in [5.74, 6) is 0. The van der Waals surface area contributed by atoms with Crippen molar-refractivity contribution in [2.75, 3.05) is 13.6 Å². The van der Waals surface area contributed by atoms with Crippen molar-refractivity contribution < 1.29 is 0 Å². The maximum absolute atomic E-state index is 2.58. The molecule has 1 fully saturated rings. The SMILES string of the molecule is CCc1cccc(-c2ccc3ccn(CCN(C)C4CCCCC4)c3c2)c1. The molecule has 0 radical (unpaired) electrons. The number of rotatable bonds is 6. The second kappa shape index (κ2) is 8.31. The van der Waals surface area contributed by atoms with Crippen molar-refractivity contribution in [3.63, 3.8) is 0 Å². The highest BCUT2D eigenvalue weighted by molar-refractivity contribution is 5.85. The second-order valence-corrected chi connectivity index (χ2v) is 8.11. The molecule has 1 saturated carbocycles. The van der Waals surface area contributed by atoms with Gasteiger partial charge in [-0.15, -0.1) is 0 Å². The van der Waals surface area contributed by atoms with Gasteiger partial charge in [0.2, 0.25) is 0 Å². The summed E-state index contributed by atoms with van der Waals surface area (Å²) in [7, 11) is 2.31. The van der Waals surface area contributed by atoms with Gasteiger partial charge in [-0.3, -0.25) is 0 Å². The van der Waals surface area contributed by atoms with E-state index >= 15 is 0 Å².